The second-order valence-electron chi connectivity index (χ2n) is 13.2. The molecule has 1 spiro atoms. The van der Waals surface area contributed by atoms with Crippen molar-refractivity contribution in [1.29, 1.82) is 0 Å². The average Bonchev–Trinajstić information content (AvgIpc) is 3.35. The molecule has 2 heterocycles. The highest BCUT2D eigenvalue weighted by molar-refractivity contribution is 5.90. The molecule has 3 saturated carbocycles. The summed E-state index contributed by atoms with van der Waals surface area (Å²) in [7, 11) is 0. The van der Waals surface area contributed by atoms with Gasteiger partial charge in [0.15, 0.2) is 11.4 Å². The first-order valence-electron chi connectivity index (χ1n) is 14.2. The number of esters is 1. The molecule has 10 heteroatoms. The third-order valence-corrected chi connectivity index (χ3v) is 11.5. The van der Waals surface area contributed by atoms with Crippen LogP contribution in [0.15, 0.2) is 30.3 Å². The van der Waals surface area contributed by atoms with Crippen LogP contribution in [-0.4, -0.2) is 85.3 Å². The largest absolute Gasteiger partial charge is 0.461 e. The Morgan fingerprint density at radius 2 is 1.73 bits per heavy atom. The maximum absolute atomic E-state index is 14.4. The van der Waals surface area contributed by atoms with Gasteiger partial charge in [-0.3, -0.25) is 14.4 Å². The SMILES string of the molecule is CC(=O)OC1C2C(CC(C)C(O)(C(C)=O)C2O)C(O)C2C(O)C3(C)OC3(C)C3C(Cc4ccccc4)NC(=O)C123. The third kappa shape index (κ3) is 3.14. The number of nitrogens with one attached hydrogen (secondary N) is 1. The number of aliphatic hydroxyl groups is 4. The van der Waals surface area contributed by atoms with Gasteiger partial charge in [-0.1, -0.05) is 37.3 Å². The summed E-state index contributed by atoms with van der Waals surface area (Å²) in [5, 5.41) is 50.2. The van der Waals surface area contributed by atoms with Gasteiger partial charge in [0.25, 0.3) is 0 Å². The molecule has 0 bridgehead atoms. The summed E-state index contributed by atoms with van der Waals surface area (Å²) in [5.74, 6) is -6.30. The molecule has 14 unspecified atom stereocenters. The minimum Gasteiger partial charge on any atom is -0.461 e. The van der Waals surface area contributed by atoms with E-state index in [0.717, 1.165) is 5.56 Å². The predicted octanol–water partition coefficient (Wildman–Crippen LogP) is 0.128. The van der Waals surface area contributed by atoms with Crippen molar-refractivity contribution in [3.05, 3.63) is 35.9 Å². The zero-order valence-electron chi connectivity index (χ0n) is 23.4. The second-order valence-corrected chi connectivity index (χ2v) is 13.2. The molecular formula is C30H39NO9. The fraction of sp³-hybridized carbons (Fsp3) is 0.700. The van der Waals surface area contributed by atoms with Crippen molar-refractivity contribution >= 4 is 17.7 Å². The van der Waals surface area contributed by atoms with Crippen molar-refractivity contribution in [2.24, 2.45) is 35.0 Å². The lowest BCUT2D eigenvalue weighted by molar-refractivity contribution is -0.278. The first kappa shape index (κ1) is 27.8. The van der Waals surface area contributed by atoms with Gasteiger partial charge >= 0.3 is 5.97 Å². The number of hydrogen-bond acceptors (Lipinski definition) is 9. The number of carbonyl (C=O) groups excluding carboxylic acids is 3. The average molecular weight is 558 g/mol. The fourth-order valence-corrected chi connectivity index (χ4v) is 9.61. The monoisotopic (exact) mass is 557 g/mol. The molecule has 14 atom stereocenters. The summed E-state index contributed by atoms with van der Waals surface area (Å²) in [6.45, 7) is 7.61. The van der Waals surface area contributed by atoms with Gasteiger partial charge in [-0.2, -0.15) is 0 Å². The Morgan fingerprint density at radius 3 is 2.33 bits per heavy atom. The highest BCUT2D eigenvalue weighted by Crippen LogP contribution is 2.74. The van der Waals surface area contributed by atoms with Crippen LogP contribution in [0.4, 0.5) is 0 Å². The number of benzene rings is 1. The van der Waals surface area contributed by atoms with Crippen molar-refractivity contribution in [3.8, 4) is 0 Å². The van der Waals surface area contributed by atoms with Crippen molar-refractivity contribution < 1.29 is 44.3 Å². The summed E-state index contributed by atoms with van der Waals surface area (Å²) in [5.41, 5.74) is -5.01. The van der Waals surface area contributed by atoms with E-state index in [-0.39, 0.29) is 6.42 Å². The summed E-state index contributed by atoms with van der Waals surface area (Å²) < 4.78 is 12.3. The van der Waals surface area contributed by atoms with Crippen LogP contribution in [0.25, 0.3) is 0 Å². The van der Waals surface area contributed by atoms with Crippen LogP contribution in [0.5, 0.6) is 0 Å². The Balaban J connectivity index is 1.57. The molecule has 2 aliphatic heterocycles. The quantitative estimate of drug-likeness (QED) is 0.255. The normalized spacial score (nSPS) is 52.4. The van der Waals surface area contributed by atoms with Crippen molar-refractivity contribution in [2.45, 2.75) is 94.7 Å². The zero-order chi connectivity index (χ0) is 29.2. The van der Waals surface area contributed by atoms with Gasteiger partial charge in [0.2, 0.25) is 5.91 Å². The molecule has 1 amide bonds. The Labute approximate surface area is 233 Å². The van der Waals surface area contributed by atoms with E-state index in [4.69, 9.17) is 9.47 Å². The lowest BCUT2D eigenvalue weighted by Gasteiger charge is -2.64. The second kappa shape index (κ2) is 8.58. The van der Waals surface area contributed by atoms with Crippen LogP contribution in [0.1, 0.15) is 46.6 Å². The molecule has 10 nitrogen and oxygen atoms in total. The number of fused-ring (bicyclic) bond motifs is 3. The van der Waals surface area contributed by atoms with Crippen molar-refractivity contribution in [1.82, 2.24) is 5.32 Å². The molecule has 5 fully saturated rings. The fourth-order valence-electron chi connectivity index (χ4n) is 9.61. The number of ether oxygens (including phenoxy) is 2. The summed E-state index contributed by atoms with van der Waals surface area (Å²) in [4.78, 5) is 39.8. The first-order valence-corrected chi connectivity index (χ1v) is 14.2. The lowest BCUT2D eigenvalue weighted by atomic mass is 9.41. The van der Waals surface area contributed by atoms with E-state index < -0.39 is 99.9 Å². The highest BCUT2D eigenvalue weighted by Gasteiger charge is 2.89. The van der Waals surface area contributed by atoms with Crippen molar-refractivity contribution in [3.63, 3.8) is 0 Å². The highest BCUT2D eigenvalue weighted by atomic mass is 16.6. The molecule has 0 radical (unpaired) electrons. The molecule has 1 aromatic carbocycles. The van der Waals surface area contributed by atoms with E-state index in [0.29, 0.717) is 6.42 Å². The van der Waals surface area contributed by atoms with Crippen LogP contribution < -0.4 is 5.32 Å². The molecule has 0 aromatic heterocycles. The summed E-state index contributed by atoms with van der Waals surface area (Å²) >= 11 is 0. The van der Waals surface area contributed by atoms with E-state index >= 15 is 0 Å². The molecule has 3 aliphatic carbocycles. The van der Waals surface area contributed by atoms with Crippen LogP contribution >= 0.6 is 0 Å². The minimum atomic E-state index is -2.17. The number of Topliss-reactive ketones (excluding diaryl/α,β-unsaturated/α-hetero) is 1. The predicted molar refractivity (Wildman–Crippen MR) is 139 cm³/mol. The Bertz CT molecular complexity index is 1260. The van der Waals surface area contributed by atoms with E-state index in [1.165, 1.54) is 13.8 Å². The Hall–Kier alpha value is -2.37. The number of aliphatic hydroxyl groups excluding tert-OH is 3. The van der Waals surface area contributed by atoms with Gasteiger partial charge < -0.3 is 35.2 Å². The third-order valence-electron chi connectivity index (χ3n) is 11.5. The van der Waals surface area contributed by atoms with E-state index in [1.54, 1.807) is 13.8 Å². The number of epoxide rings is 1. The summed E-state index contributed by atoms with van der Waals surface area (Å²) in [6, 6.07) is 9.06. The van der Waals surface area contributed by atoms with Gasteiger partial charge in [-0.15, -0.1) is 0 Å². The van der Waals surface area contributed by atoms with Gasteiger partial charge in [-0.25, -0.2) is 0 Å². The van der Waals surface area contributed by atoms with Crippen molar-refractivity contribution in [2.75, 3.05) is 0 Å². The number of hydrogen-bond donors (Lipinski definition) is 5. The van der Waals surface area contributed by atoms with Crippen LogP contribution in [0.3, 0.4) is 0 Å². The van der Waals surface area contributed by atoms with Gasteiger partial charge in [0.05, 0.1) is 18.3 Å². The standard InChI is InChI=1S/C30H39NO9/c1-13-11-17-19(23(35)30(13,38)14(2)32)25(39-15(3)33)29-20(21(17)34)24(36)28(5)27(4,40-28)22(29)18(31-26(29)37)12-16-9-7-6-8-10-16/h6-10,13,17-25,34-36,38H,11-12H2,1-5H3,(H,31,37). The topological polar surface area (TPSA) is 166 Å². The Morgan fingerprint density at radius 1 is 1.07 bits per heavy atom. The van der Waals surface area contributed by atoms with Gasteiger partial charge in [0, 0.05) is 30.7 Å². The molecule has 1 aromatic rings. The zero-order valence-corrected chi connectivity index (χ0v) is 23.4. The number of carbonyl (C=O) groups is 3. The smallest absolute Gasteiger partial charge is 0.302 e. The lowest BCUT2D eigenvalue weighted by Crippen LogP contribution is -2.78. The molecule has 5 N–H and O–H groups in total. The number of amides is 1. The molecular weight excluding hydrogens is 518 g/mol. The molecule has 5 aliphatic rings. The van der Waals surface area contributed by atoms with Crippen LogP contribution in [0, 0.1) is 35.0 Å². The van der Waals surface area contributed by atoms with Crippen LogP contribution in [0.2, 0.25) is 0 Å². The summed E-state index contributed by atoms with van der Waals surface area (Å²) in [6.07, 6.45) is -5.13. The van der Waals surface area contributed by atoms with Crippen LogP contribution in [-0.2, 0) is 30.3 Å². The van der Waals surface area contributed by atoms with Gasteiger partial charge in [0.1, 0.15) is 22.7 Å². The minimum absolute atomic E-state index is 0.116. The molecule has 6 rings (SSSR count). The molecule has 2 saturated heterocycles. The molecule has 40 heavy (non-hydrogen) atoms. The van der Waals surface area contributed by atoms with E-state index in [1.807, 2.05) is 37.3 Å². The van der Waals surface area contributed by atoms with E-state index in [9.17, 15) is 34.8 Å². The Kier molecular flexibility index (Phi) is 5.96. The van der Waals surface area contributed by atoms with Gasteiger partial charge in [-0.05, 0) is 51.0 Å². The number of rotatable bonds is 4. The first-order chi connectivity index (χ1) is 18.7. The maximum Gasteiger partial charge on any atom is 0.302 e. The van der Waals surface area contributed by atoms with E-state index in [2.05, 4.69) is 5.32 Å². The number of ketones is 1. The molecule has 218 valence electrons. The maximum atomic E-state index is 14.4.